The first kappa shape index (κ1) is 15.1. The molecule has 0 fully saturated rings. The van der Waals surface area contributed by atoms with Crippen molar-refractivity contribution in [3.8, 4) is 0 Å². The molecule has 0 aromatic heterocycles. The molecule has 0 radical (unpaired) electrons. The van der Waals surface area contributed by atoms with Crippen LogP contribution in [-0.2, 0) is 21.6 Å². The first-order chi connectivity index (χ1) is 9.16. The summed E-state index contributed by atoms with van der Waals surface area (Å²) in [6.07, 6.45) is 0.988. The molecule has 1 aromatic rings. The molecule has 0 N–H and O–H groups in total. The van der Waals surface area contributed by atoms with Crippen molar-refractivity contribution in [3.63, 3.8) is 0 Å². The van der Waals surface area contributed by atoms with Crippen molar-refractivity contribution in [2.45, 2.75) is 53.6 Å². The van der Waals surface area contributed by atoms with Crippen LogP contribution in [0.1, 0.15) is 52.7 Å². The molecule has 0 bridgehead atoms. The number of benzene rings is 1. The molecule has 0 heterocycles. The van der Waals surface area contributed by atoms with Crippen molar-refractivity contribution < 1.29 is 9.53 Å². The van der Waals surface area contributed by atoms with Gasteiger partial charge < -0.3 is 4.74 Å². The lowest BCUT2D eigenvalue weighted by molar-refractivity contribution is -0.176. The van der Waals surface area contributed by atoms with Crippen LogP contribution in [-0.4, -0.2) is 5.97 Å². The maximum Gasteiger partial charge on any atom is 0.312 e. The Kier molecular flexibility index (Phi) is 3.70. The molecule has 1 aliphatic rings. The highest BCUT2D eigenvalue weighted by atomic mass is 16.6. The molecule has 0 spiro atoms. The zero-order chi connectivity index (χ0) is 15.1. The van der Waals surface area contributed by atoms with E-state index < -0.39 is 11.0 Å². The maximum absolute atomic E-state index is 12.4. The van der Waals surface area contributed by atoms with E-state index in [0.29, 0.717) is 11.8 Å². The summed E-state index contributed by atoms with van der Waals surface area (Å²) >= 11 is 0. The maximum atomic E-state index is 12.4. The van der Waals surface area contributed by atoms with Gasteiger partial charge in [-0.1, -0.05) is 38.1 Å². The minimum atomic E-state index is -0.505. The van der Waals surface area contributed by atoms with E-state index in [1.165, 1.54) is 11.1 Å². The monoisotopic (exact) mass is 274 g/mol. The van der Waals surface area contributed by atoms with Gasteiger partial charge in [0.05, 0.1) is 5.41 Å². The number of ether oxygens (including phenoxy) is 1. The van der Waals surface area contributed by atoms with Crippen LogP contribution in [0, 0.1) is 17.3 Å². The van der Waals surface area contributed by atoms with Gasteiger partial charge in [0.2, 0.25) is 0 Å². The fourth-order valence-electron chi connectivity index (χ4n) is 3.16. The number of hydrogen-bond donors (Lipinski definition) is 0. The molecule has 0 saturated carbocycles. The summed E-state index contributed by atoms with van der Waals surface area (Å²) in [6, 6.07) is 8.35. The van der Waals surface area contributed by atoms with Crippen LogP contribution >= 0.6 is 0 Å². The topological polar surface area (TPSA) is 26.3 Å². The summed E-state index contributed by atoms with van der Waals surface area (Å²) in [5.74, 6) is 0.689. The summed E-state index contributed by atoms with van der Waals surface area (Å²) < 4.78 is 6.02. The van der Waals surface area contributed by atoms with Gasteiger partial charge in [0.15, 0.2) is 0 Å². The lowest BCUT2D eigenvalue weighted by Gasteiger charge is -2.36. The Labute approximate surface area is 122 Å². The lowest BCUT2D eigenvalue weighted by Crippen LogP contribution is -2.40. The van der Waals surface area contributed by atoms with Crippen LogP contribution in [0.3, 0.4) is 0 Å². The van der Waals surface area contributed by atoms with Crippen molar-refractivity contribution in [1.29, 1.82) is 0 Å². The summed E-state index contributed by atoms with van der Waals surface area (Å²) in [5, 5.41) is 0. The van der Waals surface area contributed by atoms with Gasteiger partial charge in [-0.25, -0.2) is 0 Å². The number of hydrogen-bond acceptors (Lipinski definition) is 2. The molecule has 2 atom stereocenters. The highest BCUT2D eigenvalue weighted by Gasteiger charge is 2.48. The van der Waals surface area contributed by atoms with Gasteiger partial charge in [0.25, 0.3) is 0 Å². The molecule has 0 saturated heterocycles. The van der Waals surface area contributed by atoms with E-state index in [1.54, 1.807) is 0 Å². The van der Waals surface area contributed by atoms with Crippen LogP contribution in [0.5, 0.6) is 0 Å². The van der Waals surface area contributed by atoms with E-state index in [1.807, 2.05) is 26.8 Å². The van der Waals surface area contributed by atoms with E-state index >= 15 is 0 Å². The third kappa shape index (κ3) is 2.48. The van der Waals surface area contributed by atoms with Crippen molar-refractivity contribution >= 4 is 5.97 Å². The standard InChI is InChI=1S/C18H26O2/c1-12(2)15-11-13-9-7-8-10-14(13)18(15,6)20-16(19)17(3,4)5/h7-10,12,15H,11H2,1-6H3. The van der Waals surface area contributed by atoms with E-state index in [-0.39, 0.29) is 5.97 Å². The predicted octanol–water partition coefficient (Wildman–Crippen LogP) is 4.32. The Morgan fingerprint density at radius 3 is 2.45 bits per heavy atom. The zero-order valence-corrected chi connectivity index (χ0v) is 13.5. The molecule has 0 amide bonds. The second-order valence-electron chi connectivity index (χ2n) is 7.46. The van der Waals surface area contributed by atoms with Crippen LogP contribution in [0.25, 0.3) is 0 Å². The van der Waals surface area contributed by atoms with Crippen LogP contribution in [0.4, 0.5) is 0 Å². The van der Waals surface area contributed by atoms with Gasteiger partial charge in [0, 0.05) is 5.92 Å². The number of carbonyl (C=O) groups excluding carboxylic acids is 1. The van der Waals surface area contributed by atoms with E-state index in [4.69, 9.17) is 4.74 Å². The van der Waals surface area contributed by atoms with Gasteiger partial charge >= 0.3 is 5.97 Å². The van der Waals surface area contributed by atoms with Crippen molar-refractivity contribution in [3.05, 3.63) is 35.4 Å². The molecule has 2 rings (SSSR count). The average molecular weight is 274 g/mol. The normalized spacial score (nSPS) is 25.6. The second kappa shape index (κ2) is 4.91. The lowest BCUT2D eigenvalue weighted by atomic mass is 9.81. The molecular formula is C18H26O2. The first-order valence-electron chi connectivity index (χ1n) is 7.48. The molecule has 2 unspecified atom stereocenters. The van der Waals surface area contributed by atoms with Crippen LogP contribution in [0.2, 0.25) is 0 Å². The highest BCUT2D eigenvalue weighted by Crippen LogP contribution is 2.48. The third-order valence-corrected chi connectivity index (χ3v) is 4.42. The van der Waals surface area contributed by atoms with Gasteiger partial charge in [-0.05, 0) is 51.2 Å². The SMILES string of the molecule is CC(C)C1Cc2ccccc2C1(C)OC(=O)C(C)(C)C. The number of esters is 1. The molecule has 1 aliphatic carbocycles. The van der Waals surface area contributed by atoms with Gasteiger partial charge in [0.1, 0.15) is 5.60 Å². The van der Waals surface area contributed by atoms with Crippen molar-refractivity contribution in [2.24, 2.45) is 17.3 Å². The quantitative estimate of drug-likeness (QED) is 0.751. The van der Waals surface area contributed by atoms with E-state index in [9.17, 15) is 4.79 Å². The van der Waals surface area contributed by atoms with Crippen LogP contribution in [0.15, 0.2) is 24.3 Å². The Bertz CT molecular complexity index is 510. The molecule has 110 valence electrons. The number of fused-ring (bicyclic) bond motifs is 1. The second-order valence-corrected chi connectivity index (χ2v) is 7.46. The number of rotatable bonds is 2. The summed E-state index contributed by atoms with van der Waals surface area (Å²) in [6.45, 7) is 12.2. The Morgan fingerprint density at radius 1 is 1.30 bits per heavy atom. The largest absolute Gasteiger partial charge is 0.454 e. The van der Waals surface area contributed by atoms with Crippen molar-refractivity contribution in [1.82, 2.24) is 0 Å². The molecule has 1 aromatic carbocycles. The van der Waals surface area contributed by atoms with Crippen LogP contribution < -0.4 is 0 Å². The average Bonchev–Trinajstić information content (AvgIpc) is 2.62. The first-order valence-corrected chi connectivity index (χ1v) is 7.48. The fourth-order valence-corrected chi connectivity index (χ4v) is 3.16. The molecule has 2 nitrogen and oxygen atoms in total. The van der Waals surface area contributed by atoms with E-state index in [2.05, 4.69) is 39.0 Å². The van der Waals surface area contributed by atoms with Gasteiger partial charge in [-0.3, -0.25) is 4.79 Å². The molecule has 20 heavy (non-hydrogen) atoms. The summed E-state index contributed by atoms with van der Waals surface area (Å²) in [5.41, 5.74) is 1.52. The Morgan fingerprint density at radius 2 is 1.90 bits per heavy atom. The van der Waals surface area contributed by atoms with E-state index in [0.717, 1.165) is 6.42 Å². The third-order valence-electron chi connectivity index (χ3n) is 4.42. The molecule has 2 heteroatoms. The molecular weight excluding hydrogens is 248 g/mol. The minimum absolute atomic E-state index is 0.123. The number of carbonyl (C=O) groups is 1. The Balaban J connectivity index is 2.41. The van der Waals surface area contributed by atoms with Gasteiger partial charge in [-0.15, -0.1) is 0 Å². The molecule has 0 aliphatic heterocycles. The summed E-state index contributed by atoms with van der Waals surface area (Å²) in [7, 11) is 0. The minimum Gasteiger partial charge on any atom is -0.454 e. The summed E-state index contributed by atoms with van der Waals surface area (Å²) in [4.78, 5) is 12.4. The van der Waals surface area contributed by atoms with Crippen molar-refractivity contribution in [2.75, 3.05) is 0 Å². The fraction of sp³-hybridized carbons (Fsp3) is 0.611. The predicted molar refractivity (Wildman–Crippen MR) is 81.4 cm³/mol. The smallest absolute Gasteiger partial charge is 0.312 e. The highest BCUT2D eigenvalue weighted by molar-refractivity contribution is 5.76. The zero-order valence-electron chi connectivity index (χ0n) is 13.5. The van der Waals surface area contributed by atoms with Gasteiger partial charge in [-0.2, -0.15) is 0 Å². The Hall–Kier alpha value is -1.31.